The second-order valence-electron chi connectivity index (χ2n) is 12.1. The molecule has 0 bridgehead atoms. The topological polar surface area (TPSA) is 92.2 Å². The van der Waals surface area contributed by atoms with Crippen molar-refractivity contribution < 1.29 is 4.74 Å². The van der Waals surface area contributed by atoms with Crippen LogP contribution in [0.15, 0.2) is 83.7 Å². The van der Waals surface area contributed by atoms with E-state index in [4.69, 9.17) is 4.74 Å². The van der Waals surface area contributed by atoms with Crippen molar-refractivity contribution in [3.8, 4) is 0 Å². The standard InChI is InChI=1S/C35H39N7O2/c1-24-15-16-25(2)31-29(24)22-30(35(43)36-31)33(34-37-38-39-42(34)23-28-14-9-21-44-28)41-19-17-40(18-20-41)32(26-10-5-3-6-11-26)27-12-7-4-8-13-27/h3-8,10-13,15-16,22,28,32-33H,9,14,17-21,23H2,1-2H3,(H,36,43)/t28-,33-/m0/s1. The fraction of sp³-hybridized carbons (Fsp3) is 0.371. The molecule has 44 heavy (non-hydrogen) atoms. The van der Waals surface area contributed by atoms with Crippen molar-refractivity contribution in [2.75, 3.05) is 32.8 Å². The van der Waals surface area contributed by atoms with Crippen LogP contribution in [0.2, 0.25) is 0 Å². The Bertz CT molecular complexity index is 1730. The third-order valence-electron chi connectivity index (χ3n) is 9.28. The average molecular weight is 590 g/mol. The summed E-state index contributed by atoms with van der Waals surface area (Å²) in [7, 11) is 0. The number of nitrogens with zero attached hydrogens (tertiary/aromatic N) is 6. The van der Waals surface area contributed by atoms with Crippen molar-refractivity contribution in [3.63, 3.8) is 0 Å². The van der Waals surface area contributed by atoms with Gasteiger partial charge in [0.15, 0.2) is 5.82 Å². The number of tetrazole rings is 1. The number of benzene rings is 3. The minimum absolute atomic E-state index is 0.0760. The molecule has 2 saturated heterocycles. The lowest BCUT2D eigenvalue weighted by Gasteiger charge is -2.42. The highest BCUT2D eigenvalue weighted by Gasteiger charge is 2.35. The molecule has 1 N–H and O–H groups in total. The van der Waals surface area contributed by atoms with Gasteiger partial charge >= 0.3 is 0 Å². The van der Waals surface area contributed by atoms with Gasteiger partial charge in [-0.25, -0.2) is 4.68 Å². The van der Waals surface area contributed by atoms with E-state index >= 15 is 0 Å². The number of ether oxygens (including phenoxy) is 1. The summed E-state index contributed by atoms with van der Waals surface area (Å²) in [6, 6.07) is 27.4. The van der Waals surface area contributed by atoms with Gasteiger partial charge in [-0.15, -0.1) is 5.10 Å². The zero-order chi connectivity index (χ0) is 30.0. The molecular formula is C35H39N7O2. The van der Waals surface area contributed by atoms with Crippen LogP contribution in [0.3, 0.4) is 0 Å². The summed E-state index contributed by atoms with van der Waals surface area (Å²) < 4.78 is 7.80. The van der Waals surface area contributed by atoms with Crippen LogP contribution in [0, 0.1) is 13.8 Å². The summed E-state index contributed by atoms with van der Waals surface area (Å²) in [5.41, 5.74) is 6.19. The summed E-state index contributed by atoms with van der Waals surface area (Å²) in [5.74, 6) is 0.687. The van der Waals surface area contributed by atoms with Gasteiger partial charge in [0.05, 0.1) is 24.2 Å². The first-order valence-electron chi connectivity index (χ1n) is 15.7. The van der Waals surface area contributed by atoms with Crippen LogP contribution in [0.1, 0.15) is 58.6 Å². The molecule has 2 fully saturated rings. The Kier molecular flexibility index (Phi) is 8.08. The zero-order valence-electron chi connectivity index (χ0n) is 25.4. The van der Waals surface area contributed by atoms with Crippen LogP contribution >= 0.6 is 0 Å². The lowest BCUT2D eigenvalue weighted by molar-refractivity contribution is 0.0778. The van der Waals surface area contributed by atoms with Crippen molar-refractivity contribution >= 4 is 10.9 Å². The van der Waals surface area contributed by atoms with Gasteiger partial charge in [-0.05, 0) is 65.4 Å². The predicted molar refractivity (Wildman–Crippen MR) is 171 cm³/mol. The summed E-state index contributed by atoms with van der Waals surface area (Å²) in [6.07, 6.45) is 2.10. The number of piperazine rings is 1. The molecule has 0 amide bonds. The fourth-order valence-corrected chi connectivity index (χ4v) is 6.95. The molecule has 2 aliphatic heterocycles. The molecule has 7 rings (SSSR count). The van der Waals surface area contributed by atoms with Crippen molar-refractivity contribution in [2.24, 2.45) is 0 Å². The first kappa shape index (κ1) is 28.6. The fourth-order valence-electron chi connectivity index (χ4n) is 6.95. The maximum absolute atomic E-state index is 13.9. The molecule has 3 aromatic carbocycles. The quantitative estimate of drug-likeness (QED) is 0.278. The zero-order valence-corrected chi connectivity index (χ0v) is 25.4. The number of hydrogen-bond acceptors (Lipinski definition) is 7. The van der Waals surface area contributed by atoms with Gasteiger partial charge in [-0.1, -0.05) is 72.8 Å². The molecule has 0 unspecified atom stereocenters. The molecule has 2 aromatic heterocycles. The summed E-state index contributed by atoms with van der Waals surface area (Å²) in [6.45, 7) is 8.66. The number of fused-ring (bicyclic) bond motifs is 1. The van der Waals surface area contributed by atoms with E-state index in [-0.39, 0.29) is 17.7 Å². The van der Waals surface area contributed by atoms with E-state index in [0.29, 0.717) is 17.9 Å². The molecule has 9 heteroatoms. The number of H-pyrrole nitrogens is 1. The first-order valence-corrected chi connectivity index (χ1v) is 15.7. The van der Waals surface area contributed by atoms with Crippen LogP contribution in [-0.4, -0.2) is 73.9 Å². The molecule has 0 spiro atoms. The summed E-state index contributed by atoms with van der Waals surface area (Å²) >= 11 is 0. The minimum atomic E-state index is -0.395. The highest BCUT2D eigenvalue weighted by atomic mass is 16.5. The van der Waals surface area contributed by atoms with E-state index in [0.717, 1.165) is 67.7 Å². The van der Waals surface area contributed by atoms with Crippen molar-refractivity contribution in [1.82, 2.24) is 35.0 Å². The highest BCUT2D eigenvalue weighted by Crippen LogP contribution is 2.33. The molecule has 0 saturated carbocycles. The SMILES string of the molecule is Cc1ccc(C)c2[nH]c(=O)c([C@@H](c3nnnn3C[C@@H]3CCCO3)N3CCN(C(c4ccccc4)c4ccccc4)CC3)cc12. The third kappa shape index (κ3) is 5.58. The highest BCUT2D eigenvalue weighted by molar-refractivity contribution is 5.85. The number of aryl methyl sites for hydroxylation is 2. The molecule has 2 atom stereocenters. The Morgan fingerprint density at radius 1 is 0.864 bits per heavy atom. The lowest BCUT2D eigenvalue weighted by atomic mass is 9.95. The monoisotopic (exact) mass is 589 g/mol. The van der Waals surface area contributed by atoms with E-state index in [1.807, 2.05) is 11.6 Å². The van der Waals surface area contributed by atoms with E-state index < -0.39 is 6.04 Å². The third-order valence-corrected chi connectivity index (χ3v) is 9.28. The van der Waals surface area contributed by atoms with E-state index in [1.54, 1.807) is 0 Å². The second kappa shape index (κ2) is 12.4. The van der Waals surface area contributed by atoms with Gasteiger partial charge in [0.25, 0.3) is 5.56 Å². The molecule has 226 valence electrons. The van der Waals surface area contributed by atoms with Gasteiger partial charge in [0.1, 0.15) is 6.04 Å². The van der Waals surface area contributed by atoms with E-state index in [9.17, 15) is 4.79 Å². The molecule has 9 nitrogen and oxygen atoms in total. The van der Waals surface area contributed by atoms with Crippen molar-refractivity contribution in [1.29, 1.82) is 0 Å². The van der Waals surface area contributed by atoms with Crippen molar-refractivity contribution in [3.05, 3.63) is 123 Å². The lowest BCUT2D eigenvalue weighted by Crippen LogP contribution is -2.50. The number of nitrogens with one attached hydrogen (secondary N) is 1. The van der Waals surface area contributed by atoms with Crippen LogP contribution in [0.25, 0.3) is 10.9 Å². The van der Waals surface area contributed by atoms with E-state index in [2.05, 4.69) is 116 Å². The molecule has 5 aromatic rings. The molecular weight excluding hydrogens is 550 g/mol. The Labute approximate surface area is 257 Å². The summed E-state index contributed by atoms with van der Waals surface area (Å²) in [4.78, 5) is 22.0. The number of hydrogen-bond donors (Lipinski definition) is 1. The van der Waals surface area contributed by atoms with Crippen molar-refractivity contribution in [2.45, 2.75) is 51.4 Å². The van der Waals surface area contributed by atoms with Gasteiger partial charge in [0, 0.05) is 43.7 Å². The number of rotatable bonds is 8. The molecule has 2 aliphatic rings. The number of pyridine rings is 1. The van der Waals surface area contributed by atoms with Crippen LogP contribution in [0.5, 0.6) is 0 Å². The Morgan fingerprint density at radius 2 is 1.50 bits per heavy atom. The first-order chi connectivity index (χ1) is 21.6. The number of aromatic nitrogens is 5. The second-order valence-corrected chi connectivity index (χ2v) is 12.1. The minimum Gasteiger partial charge on any atom is -0.376 e. The van der Waals surface area contributed by atoms with E-state index in [1.165, 1.54) is 11.1 Å². The van der Waals surface area contributed by atoms with Crippen LogP contribution < -0.4 is 5.56 Å². The maximum atomic E-state index is 13.9. The van der Waals surface area contributed by atoms with Gasteiger partial charge in [-0.2, -0.15) is 0 Å². The predicted octanol–water partition coefficient (Wildman–Crippen LogP) is 4.81. The maximum Gasteiger partial charge on any atom is 0.253 e. The summed E-state index contributed by atoms with van der Waals surface area (Å²) in [5, 5.41) is 14.1. The largest absolute Gasteiger partial charge is 0.376 e. The molecule has 4 heterocycles. The van der Waals surface area contributed by atoms with Gasteiger partial charge in [0.2, 0.25) is 0 Å². The van der Waals surface area contributed by atoms with Crippen LogP contribution in [-0.2, 0) is 11.3 Å². The Hall–Kier alpha value is -4.18. The average Bonchev–Trinajstić information content (AvgIpc) is 3.75. The molecule has 0 aliphatic carbocycles. The normalized spacial score (nSPS) is 18.8. The smallest absolute Gasteiger partial charge is 0.253 e. The molecule has 0 radical (unpaired) electrons. The Morgan fingerprint density at radius 3 is 2.14 bits per heavy atom. The van der Waals surface area contributed by atoms with Gasteiger partial charge < -0.3 is 9.72 Å². The number of aromatic amines is 1. The van der Waals surface area contributed by atoms with Crippen LogP contribution in [0.4, 0.5) is 0 Å². The van der Waals surface area contributed by atoms with Gasteiger partial charge in [-0.3, -0.25) is 14.6 Å². The Balaban J connectivity index is 1.25.